The fourth-order valence-corrected chi connectivity index (χ4v) is 5.68. The van der Waals surface area contributed by atoms with Crippen molar-refractivity contribution in [1.82, 2.24) is 14.9 Å². The van der Waals surface area contributed by atoms with E-state index in [4.69, 9.17) is 14.6 Å². The number of hydrogen-bond donors (Lipinski definition) is 1. The number of amides is 1. The first kappa shape index (κ1) is 26.5. The Kier molecular flexibility index (Phi) is 7.55. The van der Waals surface area contributed by atoms with Crippen LogP contribution in [0.15, 0.2) is 54.9 Å². The minimum atomic E-state index is -0.507. The first-order valence-corrected chi connectivity index (χ1v) is 14.1. The van der Waals surface area contributed by atoms with E-state index in [1.165, 1.54) is 17.4 Å². The van der Waals surface area contributed by atoms with Crippen LogP contribution in [0, 0.1) is 11.7 Å². The predicted molar refractivity (Wildman–Crippen MR) is 148 cm³/mol. The molecule has 4 aromatic rings. The molecule has 2 fully saturated rings. The van der Waals surface area contributed by atoms with Gasteiger partial charge in [0.2, 0.25) is 5.91 Å². The molecular weight excluding hydrogens is 533 g/mol. The van der Waals surface area contributed by atoms with Crippen LogP contribution in [0.1, 0.15) is 30.4 Å². The van der Waals surface area contributed by atoms with Crippen molar-refractivity contribution in [2.24, 2.45) is 5.92 Å². The van der Waals surface area contributed by atoms with Gasteiger partial charge in [0.05, 0.1) is 33.5 Å². The van der Waals surface area contributed by atoms with E-state index >= 15 is 0 Å². The number of pyridine rings is 2. The maximum atomic E-state index is 14.9. The van der Waals surface area contributed by atoms with E-state index in [0.29, 0.717) is 43.3 Å². The minimum absolute atomic E-state index is 0.0434. The summed E-state index contributed by atoms with van der Waals surface area (Å²) in [7, 11) is 0. The van der Waals surface area contributed by atoms with Gasteiger partial charge in [-0.15, -0.1) is 11.3 Å². The van der Waals surface area contributed by atoms with Gasteiger partial charge in [-0.3, -0.25) is 19.6 Å². The van der Waals surface area contributed by atoms with Crippen molar-refractivity contribution in [2.75, 3.05) is 19.7 Å². The van der Waals surface area contributed by atoms with E-state index in [-0.39, 0.29) is 30.0 Å². The second kappa shape index (κ2) is 11.4. The average molecular weight is 562 g/mol. The van der Waals surface area contributed by atoms with E-state index in [2.05, 4.69) is 9.97 Å². The van der Waals surface area contributed by atoms with E-state index in [9.17, 15) is 14.0 Å². The molecule has 0 atom stereocenters. The molecule has 0 unspecified atom stereocenters. The number of ether oxygens (including phenoxy) is 2. The highest BCUT2D eigenvalue weighted by atomic mass is 32.1. The molecule has 1 aliphatic heterocycles. The van der Waals surface area contributed by atoms with Crippen molar-refractivity contribution in [1.29, 1.82) is 0 Å². The predicted octanol–water partition coefficient (Wildman–Crippen LogP) is 4.92. The Hall–Kier alpha value is -3.73. The number of fused-ring (bicyclic) bond motifs is 1. The van der Waals surface area contributed by atoms with Gasteiger partial charge in [0, 0.05) is 44.4 Å². The molecule has 2 aliphatic rings. The van der Waals surface area contributed by atoms with Crippen LogP contribution < -0.4 is 4.74 Å². The molecule has 0 radical (unpaired) electrons. The molecule has 1 aromatic carbocycles. The Labute approximate surface area is 234 Å². The van der Waals surface area contributed by atoms with Crippen LogP contribution in [0.4, 0.5) is 4.39 Å². The summed E-state index contributed by atoms with van der Waals surface area (Å²) >= 11 is 1.46. The van der Waals surface area contributed by atoms with Crippen molar-refractivity contribution < 1.29 is 28.6 Å². The number of carbonyl (C=O) groups is 2. The number of aromatic nitrogens is 2. The smallest absolute Gasteiger partial charge is 0.248 e. The molecule has 1 aliphatic carbocycles. The molecule has 1 saturated carbocycles. The number of aliphatic hydroxyl groups is 1. The Morgan fingerprint density at radius 2 is 1.88 bits per heavy atom. The highest BCUT2D eigenvalue weighted by Crippen LogP contribution is 2.39. The van der Waals surface area contributed by atoms with Gasteiger partial charge < -0.3 is 19.5 Å². The molecular formula is C30H28FN3O5S. The van der Waals surface area contributed by atoms with Gasteiger partial charge in [-0.05, 0) is 54.2 Å². The van der Waals surface area contributed by atoms with E-state index in [1.807, 2.05) is 18.2 Å². The quantitative estimate of drug-likeness (QED) is 0.277. The fourth-order valence-electron chi connectivity index (χ4n) is 4.64. The van der Waals surface area contributed by atoms with Crippen LogP contribution in [0.2, 0.25) is 0 Å². The minimum Gasteiger partial charge on any atom is -0.453 e. The van der Waals surface area contributed by atoms with Crippen molar-refractivity contribution in [3.63, 3.8) is 0 Å². The molecule has 8 nitrogen and oxygen atoms in total. The Bertz CT molecular complexity index is 1550. The number of ketones is 1. The van der Waals surface area contributed by atoms with E-state index < -0.39 is 12.4 Å². The second-order valence-electron chi connectivity index (χ2n) is 10.3. The average Bonchev–Trinajstić information content (AvgIpc) is 3.63. The number of thiophene rings is 1. The normalized spacial score (nSPS) is 15.3. The van der Waals surface area contributed by atoms with Crippen LogP contribution in [0.5, 0.6) is 11.5 Å². The lowest BCUT2D eigenvalue weighted by Gasteiger charge is -2.38. The maximum absolute atomic E-state index is 14.9. The summed E-state index contributed by atoms with van der Waals surface area (Å²) in [6, 6.07) is 12.2. The Morgan fingerprint density at radius 3 is 2.60 bits per heavy atom. The highest BCUT2D eigenvalue weighted by Gasteiger charge is 2.30. The zero-order valence-corrected chi connectivity index (χ0v) is 22.5. The summed E-state index contributed by atoms with van der Waals surface area (Å²) < 4.78 is 27.4. The molecule has 3 aromatic heterocycles. The van der Waals surface area contributed by atoms with Crippen LogP contribution in [-0.4, -0.2) is 57.5 Å². The fraction of sp³-hybridized carbons (Fsp3) is 0.333. The summed E-state index contributed by atoms with van der Waals surface area (Å²) in [5, 5.41) is 8.90. The topological polar surface area (TPSA) is 102 Å². The Morgan fingerprint density at radius 1 is 1.05 bits per heavy atom. The summed E-state index contributed by atoms with van der Waals surface area (Å²) in [5.41, 5.74) is 3.06. The first-order chi connectivity index (χ1) is 19.4. The number of hydrogen-bond acceptors (Lipinski definition) is 8. The zero-order valence-electron chi connectivity index (χ0n) is 21.7. The summed E-state index contributed by atoms with van der Waals surface area (Å²) in [5.74, 6) is 0.465. The van der Waals surface area contributed by atoms with Gasteiger partial charge in [-0.25, -0.2) is 4.39 Å². The number of halogens is 1. The zero-order chi connectivity index (χ0) is 27.6. The van der Waals surface area contributed by atoms with E-state index in [1.54, 1.807) is 35.5 Å². The van der Waals surface area contributed by atoms with Crippen molar-refractivity contribution >= 4 is 33.2 Å². The third-order valence-corrected chi connectivity index (χ3v) is 8.27. The van der Waals surface area contributed by atoms with Gasteiger partial charge in [0.25, 0.3) is 0 Å². The number of carbonyl (C=O) groups excluding carboxylic acids is 2. The van der Waals surface area contributed by atoms with Crippen LogP contribution >= 0.6 is 11.3 Å². The summed E-state index contributed by atoms with van der Waals surface area (Å²) in [6.07, 6.45) is 6.39. The van der Waals surface area contributed by atoms with Gasteiger partial charge in [-0.1, -0.05) is 12.1 Å². The number of rotatable bonds is 11. The number of likely N-dealkylation sites (tertiary alicyclic amines) is 1. The largest absolute Gasteiger partial charge is 0.453 e. The first-order valence-electron chi connectivity index (χ1n) is 13.3. The molecule has 0 bridgehead atoms. The molecule has 206 valence electrons. The lowest BCUT2D eigenvalue weighted by atomic mass is 10.0. The van der Waals surface area contributed by atoms with Gasteiger partial charge >= 0.3 is 0 Å². The monoisotopic (exact) mass is 561 g/mol. The lowest BCUT2D eigenvalue weighted by molar-refractivity contribution is -0.148. The van der Waals surface area contributed by atoms with Gasteiger partial charge in [0.1, 0.15) is 18.1 Å². The van der Waals surface area contributed by atoms with Gasteiger partial charge in [0.15, 0.2) is 11.6 Å². The summed E-state index contributed by atoms with van der Waals surface area (Å²) in [4.78, 5) is 35.1. The molecule has 0 spiro atoms. The van der Waals surface area contributed by atoms with Crippen LogP contribution in [-0.2, 0) is 27.4 Å². The van der Waals surface area contributed by atoms with E-state index in [0.717, 1.165) is 39.2 Å². The number of Topliss-reactive ketones (excluding diaryl/α,β-unsaturated/α-hetero) is 1. The molecule has 1 N–H and O–H groups in total. The molecule has 10 heteroatoms. The second-order valence-corrected chi connectivity index (χ2v) is 11.4. The third kappa shape index (κ3) is 6.04. The SMILES string of the molecule is O=C(Cc1ccc(Oc2ccnc3cc(-c4ccc(COC5CN(C(=O)CO)C5)cn4)sc23)c(F)c1)CC1CC1. The van der Waals surface area contributed by atoms with Gasteiger partial charge in [-0.2, -0.15) is 0 Å². The number of benzene rings is 1. The van der Waals surface area contributed by atoms with Crippen LogP contribution in [0.3, 0.4) is 0 Å². The summed E-state index contributed by atoms with van der Waals surface area (Å²) in [6.45, 7) is 0.868. The number of aliphatic hydroxyl groups excluding tert-OH is 1. The maximum Gasteiger partial charge on any atom is 0.248 e. The molecule has 6 rings (SSSR count). The van der Waals surface area contributed by atoms with Crippen LogP contribution in [0.25, 0.3) is 20.8 Å². The standard InChI is InChI=1S/C30H28FN3O5S/c31-23-11-19(10-21(36)9-18-1-2-18)4-6-26(23)39-27-7-8-32-25-12-28(40-30(25)27)24-5-3-20(13-33-24)17-38-22-14-34(15-22)29(37)16-35/h3-8,11-13,18,22,35H,1-2,9-10,14-17H2. The lowest BCUT2D eigenvalue weighted by Crippen LogP contribution is -2.55. The molecule has 1 amide bonds. The molecule has 4 heterocycles. The molecule has 40 heavy (non-hydrogen) atoms. The molecule has 1 saturated heterocycles. The highest BCUT2D eigenvalue weighted by molar-refractivity contribution is 7.22. The third-order valence-electron chi connectivity index (χ3n) is 7.11. The Balaban J connectivity index is 1.10. The van der Waals surface area contributed by atoms with Crippen molar-refractivity contribution in [2.45, 2.75) is 38.4 Å². The van der Waals surface area contributed by atoms with Crippen molar-refractivity contribution in [3.8, 4) is 22.1 Å². The van der Waals surface area contributed by atoms with Crippen molar-refractivity contribution in [3.05, 3.63) is 71.8 Å². The number of nitrogens with zero attached hydrogens (tertiary/aromatic N) is 3.